The number of H-pyrrole nitrogens is 1. The van der Waals surface area contributed by atoms with Crippen molar-refractivity contribution < 1.29 is 14.7 Å². The van der Waals surface area contributed by atoms with Crippen LogP contribution in [0, 0.1) is 12.8 Å². The summed E-state index contributed by atoms with van der Waals surface area (Å²) in [6, 6.07) is -0.0569. The second-order valence-electron chi connectivity index (χ2n) is 7.40. The second kappa shape index (κ2) is 8.91. The lowest BCUT2D eigenvalue weighted by molar-refractivity contribution is 0.0701. The summed E-state index contributed by atoms with van der Waals surface area (Å²) in [5, 5.41) is 13.5. The predicted octanol–water partition coefficient (Wildman–Crippen LogP) is 2.97. The van der Waals surface area contributed by atoms with Crippen LogP contribution in [-0.2, 0) is 0 Å². The first-order chi connectivity index (χ1) is 13.7. The molecule has 2 unspecified atom stereocenters. The van der Waals surface area contributed by atoms with E-state index in [1.807, 2.05) is 14.1 Å². The topological polar surface area (TPSA) is 102 Å². The van der Waals surface area contributed by atoms with Crippen molar-refractivity contribution in [1.82, 2.24) is 20.2 Å². The zero-order chi connectivity index (χ0) is 21.3. The number of carbonyl (C=O) groups is 2. The lowest BCUT2D eigenvalue weighted by Crippen LogP contribution is -2.53. The standard InChI is InChI=1S/C18H23Cl2N5O3S/c1-9-13(19)14(20)15(22-9)16(26)23-11-4-5-25(8-10(11)7-24(2)3)18-21-6-12(29-18)17(27)28/h6,10-11,22H,4-5,7-8H2,1-3H3,(H,23,26)(H,27,28). The fraction of sp³-hybridized carbons (Fsp3) is 0.500. The summed E-state index contributed by atoms with van der Waals surface area (Å²) in [5.74, 6) is -1.13. The molecule has 0 aliphatic carbocycles. The number of hydrogen-bond donors (Lipinski definition) is 3. The maximum absolute atomic E-state index is 12.8. The largest absolute Gasteiger partial charge is 0.477 e. The van der Waals surface area contributed by atoms with Gasteiger partial charge in [0, 0.05) is 37.3 Å². The second-order valence-corrected chi connectivity index (χ2v) is 9.17. The fourth-order valence-corrected chi connectivity index (χ4v) is 4.73. The molecular formula is C18H23Cl2N5O3S. The number of carbonyl (C=O) groups excluding carboxylic acids is 1. The number of amides is 1. The van der Waals surface area contributed by atoms with E-state index in [2.05, 4.69) is 25.1 Å². The highest BCUT2D eigenvalue weighted by Gasteiger charge is 2.33. The number of hydrogen-bond acceptors (Lipinski definition) is 6. The normalized spacial score (nSPS) is 19.6. The van der Waals surface area contributed by atoms with E-state index in [-0.39, 0.29) is 33.5 Å². The summed E-state index contributed by atoms with van der Waals surface area (Å²) >= 11 is 13.4. The van der Waals surface area contributed by atoms with Crippen molar-refractivity contribution in [2.75, 3.05) is 38.6 Å². The van der Waals surface area contributed by atoms with Gasteiger partial charge >= 0.3 is 5.97 Å². The smallest absolute Gasteiger partial charge is 0.347 e. The molecule has 2 aromatic heterocycles. The third kappa shape index (κ3) is 4.85. The molecule has 0 saturated carbocycles. The number of nitrogens with one attached hydrogen (secondary N) is 2. The van der Waals surface area contributed by atoms with E-state index >= 15 is 0 Å². The van der Waals surface area contributed by atoms with Crippen molar-refractivity contribution in [2.45, 2.75) is 19.4 Å². The molecule has 2 atom stereocenters. The van der Waals surface area contributed by atoms with Gasteiger partial charge < -0.3 is 25.2 Å². The van der Waals surface area contributed by atoms with Gasteiger partial charge in [-0.1, -0.05) is 34.5 Å². The molecule has 1 amide bonds. The number of carboxylic acid groups (broad SMARTS) is 1. The van der Waals surface area contributed by atoms with Gasteiger partial charge in [-0.15, -0.1) is 0 Å². The summed E-state index contributed by atoms with van der Waals surface area (Å²) in [6.45, 7) is 3.85. The fourth-order valence-electron chi connectivity index (χ4n) is 3.53. The maximum atomic E-state index is 12.8. The average Bonchev–Trinajstić information content (AvgIpc) is 3.24. The number of piperidine rings is 1. The molecule has 3 heterocycles. The molecule has 0 bridgehead atoms. The number of aromatic carboxylic acids is 1. The van der Waals surface area contributed by atoms with Crippen molar-refractivity contribution >= 4 is 51.5 Å². The van der Waals surface area contributed by atoms with Crippen LogP contribution in [0.5, 0.6) is 0 Å². The van der Waals surface area contributed by atoms with Crippen LogP contribution in [-0.4, -0.2) is 71.6 Å². The van der Waals surface area contributed by atoms with Crippen LogP contribution in [0.15, 0.2) is 6.20 Å². The summed E-state index contributed by atoms with van der Waals surface area (Å²) in [6.07, 6.45) is 2.09. The zero-order valence-electron chi connectivity index (χ0n) is 16.3. The Bertz CT molecular complexity index is 913. The molecule has 29 heavy (non-hydrogen) atoms. The van der Waals surface area contributed by atoms with Crippen molar-refractivity contribution in [3.8, 4) is 0 Å². The number of aromatic nitrogens is 2. The Kier molecular flexibility index (Phi) is 6.72. The molecule has 0 aromatic carbocycles. The Morgan fingerprint density at radius 1 is 1.41 bits per heavy atom. The number of thiazole rings is 1. The van der Waals surface area contributed by atoms with Gasteiger partial charge in [0.05, 0.1) is 16.2 Å². The van der Waals surface area contributed by atoms with Crippen LogP contribution in [0.4, 0.5) is 5.13 Å². The Morgan fingerprint density at radius 2 is 2.14 bits per heavy atom. The van der Waals surface area contributed by atoms with Crippen molar-refractivity contribution in [3.05, 3.63) is 32.5 Å². The van der Waals surface area contributed by atoms with Gasteiger partial charge in [-0.3, -0.25) is 4.79 Å². The molecule has 3 rings (SSSR count). The van der Waals surface area contributed by atoms with Gasteiger partial charge in [-0.2, -0.15) is 0 Å². The number of aryl methyl sites for hydroxylation is 1. The van der Waals surface area contributed by atoms with Crippen molar-refractivity contribution in [2.24, 2.45) is 5.92 Å². The Hall–Kier alpha value is -1.81. The first kappa shape index (κ1) is 21.9. The lowest BCUT2D eigenvalue weighted by Gasteiger charge is -2.40. The van der Waals surface area contributed by atoms with Gasteiger partial charge in [0.15, 0.2) is 5.13 Å². The molecule has 0 spiro atoms. The molecular weight excluding hydrogens is 437 g/mol. The van der Waals surface area contributed by atoms with Crippen LogP contribution >= 0.6 is 34.5 Å². The summed E-state index contributed by atoms with van der Waals surface area (Å²) < 4.78 is 0. The van der Waals surface area contributed by atoms with Crippen LogP contribution in [0.2, 0.25) is 10.0 Å². The molecule has 1 aliphatic rings. The van der Waals surface area contributed by atoms with E-state index in [1.54, 1.807) is 6.92 Å². The average molecular weight is 460 g/mol. The van der Waals surface area contributed by atoms with E-state index in [4.69, 9.17) is 28.3 Å². The third-order valence-electron chi connectivity index (χ3n) is 4.91. The molecule has 3 N–H and O–H groups in total. The molecule has 8 nitrogen and oxygen atoms in total. The molecule has 1 aliphatic heterocycles. The van der Waals surface area contributed by atoms with Crippen LogP contribution in [0.3, 0.4) is 0 Å². The Morgan fingerprint density at radius 3 is 2.69 bits per heavy atom. The Balaban J connectivity index is 1.74. The van der Waals surface area contributed by atoms with Gasteiger partial charge in [-0.05, 0) is 27.4 Å². The highest BCUT2D eigenvalue weighted by molar-refractivity contribution is 7.17. The first-order valence-corrected chi connectivity index (χ1v) is 10.7. The maximum Gasteiger partial charge on any atom is 0.347 e. The summed E-state index contributed by atoms with van der Waals surface area (Å²) in [4.78, 5) is 35.5. The summed E-state index contributed by atoms with van der Waals surface area (Å²) in [7, 11) is 3.96. The number of rotatable bonds is 6. The van der Waals surface area contributed by atoms with E-state index < -0.39 is 5.97 Å². The molecule has 158 valence electrons. The molecule has 11 heteroatoms. The Labute approximate surface area is 182 Å². The SMILES string of the molecule is Cc1[nH]c(C(=O)NC2CCN(c3ncc(C(=O)O)s3)CC2CN(C)C)c(Cl)c1Cl. The minimum Gasteiger partial charge on any atom is -0.477 e. The van der Waals surface area contributed by atoms with E-state index in [1.165, 1.54) is 6.20 Å². The third-order valence-corrected chi connectivity index (χ3v) is 6.90. The first-order valence-electron chi connectivity index (χ1n) is 9.10. The van der Waals surface area contributed by atoms with Gasteiger partial charge in [-0.25, -0.2) is 9.78 Å². The lowest BCUT2D eigenvalue weighted by atomic mass is 9.91. The van der Waals surface area contributed by atoms with E-state index in [0.29, 0.717) is 35.4 Å². The van der Waals surface area contributed by atoms with Crippen molar-refractivity contribution in [1.29, 1.82) is 0 Å². The minimum absolute atomic E-state index is 0.0569. The monoisotopic (exact) mass is 459 g/mol. The number of aromatic amines is 1. The molecule has 1 saturated heterocycles. The molecule has 1 fully saturated rings. The van der Waals surface area contributed by atoms with E-state index in [0.717, 1.165) is 17.9 Å². The number of nitrogens with zero attached hydrogens (tertiary/aromatic N) is 3. The van der Waals surface area contributed by atoms with Gasteiger partial charge in [0.1, 0.15) is 10.6 Å². The van der Waals surface area contributed by atoms with Crippen LogP contribution in [0.1, 0.15) is 32.3 Å². The van der Waals surface area contributed by atoms with E-state index in [9.17, 15) is 9.59 Å². The summed E-state index contributed by atoms with van der Waals surface area (Å²) in [5.41, 5.74) is 0.922. The quantitative estimate of drug-likeness (QED) is 0.613. The minimum atomic E-state index is -0.975. The predicted molar refractivity (Wildman–Crippen MR) is 115 cm³/mol. The number of carboxylic acids is 1. The van der Waals surface area contributed by atoms with Crippen molar-refractivity contribution in [3.63, 3.8) is 0 Å². The highest BCUT2D eigenvalue weighted by atomic mass is 35.5. The van der Waals surface area contributed by atoms with Gasteiger partial charge in [0.2, 0.25) is 0 Å². The van der Waals surface area contributed by atoms with Crippen LogP contribution in [0.25, 0.3) is 0 Å². The van der Waals surface area contributed by atoms with Gasteiger partial charge in [0.25, 0.3) is 5.91 Å². The zero-order valence-corrected chi connectivity index (χ0v) is 18.7. The number of halogens is 2. The number of anilines is 1. The van der Waals surface area contributed by atoms with Crippen LogP contribution < -0.4 is 10.2 Å². The molecule has 2 aromatic rings. The highest BCUT2D eigenvalue weighted by Crippen LogP contribution is 2.31. The molecule has 0 radical (unpaired) electrons.